The van der Waals surface area contributed by atoms with Crippen LogP contribution in [0.1, 0.15) is 18.7 Å². The maximum atomic E-state index is 12.7. The van der Waals surface area contributed by atoms with Gasteiger partial charge in [0, 0.05) is 20.3 Å². The molecule has 0 aliphatic carbocycles. The Balaban J connectivity index is 2.18. The minimum Gasteiger partial charge on any atom is -0.409 e. The third-order valence-electron chi connectivity index (χ3n) is 3.55. The number of carbonyl (C=O) groups excluding carboxylic acids is 1. The lowest BCUT2D eigenvalue weighted by molar-refractivity contribution is -0.142. The Morgan fingerprint density at radius 1 is 1.65 bits per heavy atom. The highest BCUT2D eigenvalue weighted by atomic mass is 16.5. The Labute approximate surface area is 115 Å². The van der Waals surface area contributed by atoms with Crippen LogP contribution < -0.4 is 5.73 Å². The molecule has 1 saturated heterocycles. The first-order chi connectivity index (χ1) is 9.60. The molecule has 1 aromatic heterocycles. The fourth-order valence-electron chi connectivity index (χ4n) is 2.36. The Kier molecular flexibility index (Phi) is 4.18. The lowest BCUT2D eigenvalue weighted by Gasteiger charge is -2.37. The third-order valence-corrected chi connectivity index (χ3v) is 3.55. The number of aromatic nitrogens is 3. The van der Waals surface area contributed by atoms with E-state index in [-0.39, 0.29) is 18.3 Å². The van der Waals surface area contributed by atoms with E-state index in [0.717, 1.165) is 0 Å². The molecule has 9 nitrogen and oxygen atoms in total. The second kappa shape index (κ2) is 5.87. The number of aromatic amines is 1. The molecule has 9 heteroatoms. The number of carbonyl (C=O) groups is 1. The number of rotatable bonds is 4. The molecule has 0 spiro atoms. The van der Waals surface area contributed by atoms with Gasteiger partial charge in [-0.05, 0) is 12.8 Å². The van der Waals surface area contributed by atoms with Crippen LogP contribution >= 0.6 is 0 Å². The third kappa shape index (κ3) is 2.57. The van der Waals surface area contributed by atoms with Crippen LogP contribution in [0.25, 0.3) is 0 Å². The van der Waals surface area contributed by atoms with E-state index in [4.69, 9.17) is 15.7 Å². The van der Waals surface area contributed by atoms with Crippen LogP contribution in [-0.2, 0) is 16.1 Å². The van der Waals surface area contributed by atoms with Crippen LogP contribution in [0.15, 0.2) is 11.5 Å². The molecule has 2 rings (SSSR count). The van der Waals surface area contributed by atoms with Gasteiger partial charge in [-0.1, -0.05) is 5.16 Å². The average Bonchev–Trinajstić information content (AvgIpc) is 2.99. The van der Waals surface area contributed by atoms with Gasteiger partial charge in [0.15, 0.2) is 5.84 Å². The molecule has 1 aromatic rings. The van der Waals surface area contributed by atoms with Gasteiger partial charge < -0.3 is 20.6 Å². The van der Waals surface area contributed by atoms with Gasteiger partial charge in [0.2, 0.25) is 5.91 Å². The van der Waals surface area contributed by atoms with Crippen LogP contribution in [0.2, 0.25) is 0 Å². The SMILES string of the molecule is CN(Cc1ncn[nH]1)C(=O)C1(C(N)=NO)CCOCC1. The standard InChI is InChI=1S/C11H18N6O3/c1-17(6-8-13-7-14-15-8)10(18)11(9(12)16-19)2-4-20-5-3-11/h7,19H,2-6H2,1H3,(H2,12,16)(H,13,14,15). The smallest absolute Gasteiger partial charge is 0.236 e. The van der Waals surface area contributed by atoms with Crippen LogP contribution in [0, 0.1) is 5.41 Å². The van der Waals surface area contributed by atoms with E-state index >= 15 is 0 Å². The number of nitrogens with one attached hydrogen (secondary N) is 1. The quantitative estimate of drug-likeness (QED) is 0.290. The fraction of sp³-hybridized carbons (Fsp3) is 0.636. The first-order valence-corrected chi connectivity index (χ1v) is 6.26. The van der Waals surface area contributed by atoms with Gasteiger partial charge in [0.1, 0.15) is 17.6 Å². The number of nitrogens with two attached hydrogens (primary N) is 1. The summed E-state index contributed by atoms with van der Waals surface area (Å²) < 4.78 is 5.26. The van der Waals surface area contributed by atoms with Crippen LogP contribution in [-0.4, -0.2) is 57.3 Å². The molecule has 0 bridgehead atoms. The van der Waals surface area contributed by atoms with Gasteiger partial charge in [-0.3, -0.25) is 9.89 Å². The number of nitrogens with zero attached hydrogens (tertiary/aromatic N) is 4. The van der Waals surface area contributed by atoms with E-state index in [1.807, 2.05) is 0 Å². The van der Waals surface area contributed by atoms with E-state index in [1.165, 1.54) is 11.2 Å². The van der Waals surface area contributed by atoms with Crippen LogP contribution in [0.3, 0.4) is 0 Å². The van der Waals surface area contributed by atoms with Crippen molar-refractivity contribution in [3.8, 4) is 0 Å². The van der Waals surface area contributed by atoms with Gasteiger partial charge in [0.05, 0.1) is 6.54 Å². The lowest BCUT2D eigenvalue weighted by atomic mass is 9.77. The number of oxime groups is 1. The van der Waals surface area contributed by atoms with Crippen molar-refractivity contribution in [3.05, 3.63) is 12.2 Å². The number of hydrogen-bond donors (Lipinski definition) is 3. The zero-order chi connectivity index (χ0) is 14.6. The van der Waals surface area contributed by atoms with E-state index in [0.29, 0.717) is 31.9 Å². The van der Waals surface area contributed by atoms with Crippen molar-refractivity contribution in [2.24, 2.45) is 16.3 Å². The molecular formula is C11H18N6O3. The molecule has 0 radical (unpaired) electrons. The van der Waals surface area contributed by atoms with Crippen molar-refractivity contribution >= 4 is 11.7 Å². The van der Waals surface area contributed by atoms with E-state index in [2.05, 4.69) is 20.3 Å². The zero-order valence-corrected chi connectivity index (χ0v) is 11.2. The summed E-state index contributed by atoms with van der Waals surface area (Å²) in [7, 11) is 1.65. The predicted octanol–water partition coefficient (Wildman–Crippen LogP) is -0.694. The second-order valence-corrected chi connectivity index (χ2v) is 4.77. The maximum Gasteiger partial charge on any atom is 0.236 e. The molecule has 1 aliphatic heterocycles. The summed E-state index contributed by atoms with van der Waals surface area (Å²) in [5, 5.41) is 18.4. The van der Waals surface area contributed by atoms with Crippen molar-refractivity contribution in [1.29, 1.82) is 0 Å². The number of ether oxygens (including phenoxy) is 1. The maximum absolute atomic E-state index is 12.7. The Hall–Kier alpha value is -2.16. The predicted molar refractivity (Wildman–Crippen MR) is 68.8 cm³/mol. The van der Waals surface area contributed by atoms with E-state index in [1.54, 1.807) is 7.05 Å². The molecule has 0 unspecified atom stereocenters. The van der Waals surface area contributed by atoms with Crippen molar-refractivity contribution < 1.29 is 14.7 Å². The number of H-pyrrole nitrogens is 1. The fourth-order valence-corrected chi connectivity index (χ4v) is 2.36. The second-order valence-electron chi connectivity index (χ2n) is 4.77. The summed E-state index contributed by atoms with van der Waals surface area (Å²) in [6.45, 7) is 1.08. The molecule has 1 aliphatic rings. The highest BCUT2D eigenvalue weighted by Gasteiger charge is 2.46. The average molecular weight is 282 g/mol. The number of hydrogen-bond acceptors (Lipinski definition) is 6. The van der Waals surface area contributed by atoms with E-state index in [9.17, 15) is 4.79 Å². The molecule has 2 heterocycles. The van der Waals surface area contributed by atoms with Crippen molar-refractivity contribution in [2.75, 3.05) is 20.3 Å². The molecule has 110 valence electrons. The van der Waals surface area contributed by atoms with Gasteiger partial charge in [-0.25, -0.2) is 4.98 Å². The van der Waals surface area contributed by atoms with E-state index < -0.39 is 5.41 Å². The first kappa shape index (κ1) is 14.3. The lowest BCUT2D eigenvalue weighted by Crippen LogP contribution is -2.53. The molecule has 1 amide bonds. The molecule has 1 fully saturated rings. The zero-order valence-electron chi connectivity index (χ0n) is 11.2. The van der Waals surface area contributed by atoms with Gasteiger partial charge >= 0.3 is 0 Å². The number of amides is 1. The molecule has 0 atom stereocenters. The summed E-state index contributed by atoms with van der Waals surface area (Å²) in [6.07, 6.45) is 2.16. The minimum atomic E-state index is -1.01. The summed E-state index contributed by atoms with van der Waals surface area (Å²) in [5.74, 6) is 0.283. The Bertz CT molecular complexity index is 480. The highest BCUT2D eigenvalue weighted by Crippen LogP contribution is 2.33. The first-order valence-electron chi connectivity index (χ1n) is 6.26. The van der Waals surface area contributed by atoms with Crippen LogP contribution in [0.4, 0.5) is 0 Å². The van der Waals surface area contributed by atoms with Gasteiger partial charge in [0.25, 0.3) is 0 Å². The van der Waals surface area contributed by atoms with Crippen molar-refractivity contribution in [3.63, 3.8) is 0 Å². The largest absolute Gasteiger partial charge is 0.409 e. The van der Waals surface area contributed by atoms with Crippen molar-refractivity contribution in [2.45, 2.75) is 19.4 Å². The molecule has 0 saturated carbocycles. The molecule has 4 N–H and O–H groups in total. The normalized spacial score (nSPS) is 18.8. The van der Waals surface area contributed by atoms with Gasteiger partial charge in [-0.2, -0.15) is 5.10 Å². The van der Waals surface area contributed by atoms with Gasteiger partial charge in [-0.15, -0.1) is 0 Å². The Morgan fingerprint density at radius 3 is 2.90 bits per heavy atom. The minimum absolute atomic E-state index is 0.0739. The topological polar surface area (TPSA) is 130 Å². The number of amidine groups is 1. The summed E-state index contributed by atoms with van der Waals surface area (Å²) in [6, 6.07) is 0. The monoisotopic (exact) mass is 282 g/mol. The Morgan fingerprint density at radius 2 is 2.35 bits per heavy atom. The molecule has 20 heavy (non-hydrogen) atoms. The summed E-state index contributed by atoms with van der Waals surface area (Å²) in [4.78, 5) is 18.1. The van der Waals surface area contributed by atoms with Crippen LogP contribution in [0.5, 0.6) is 0 Å². The van der Waals surface area contributed by atoms with Crippen molar-refractivity contribution in [1.82, 2.24) is 20.1 Å². The molecule has 0 aromatic carbocycles. The molecular weight excluding hydrogens is 264 g/mol. The summed E-state index contributed by atoms with van der Waals surface area (Å²) >= 11 is 0. The summed E-state index contributed by atoms with van der Waals surface area (Å²) in [5.41, 5.74) is 4.74. The highest BCUT2D eigenvalue weighted by molar-refractivity contribution is 6.06.